The average molecular weight is 474 g/mol. The standard InChI is InChI=1S/C24H20FN7OS/c1-14-20-12-21(34-24(20)31(28-14)13-15-5-7-17(25)8-6-15)23(33)26-18-4-2-3-16(11-18)22-27-29-30-32(22)19-9-10-19/h2-8,11-12,19H,9-10,13H2,1H3,(H,26,33). The van der Waals surface area contributed by atoms with E-state index in [1.165, 1.54) is 23.5 Å². The molecule has 1 amide bonds. The van der Waals surface area contributed by atoms with Crippen LogP contribution in [0.15, 0.2) is 54.6 Å². The van der Waals surface area contributed by atoms with Crippen LogP contribution in [0.2, 0.25) is 0 Å². The number of anilines is 1. The van der Waals surface area contributed by atoms with E-state index in [2.05, 4.69) is 25.9 Å². The van der Waals surface area contributed by atoms with Crippen LogP contribution in [0.1, 0.15) is 39.8 Å². The van der Waals surface area contributed by atoms with Gasteiger partial charge in [-0.25, -0.2) is 9.07 Å². The highest BCUT2D eigenvalue weighted by molar-refractivity contribution is 7.20. The minimum atomic E-state index is -0.270. The molecule has 0 unspecified atom stereocenters. The smallest absolute Gasteiger partial charge is 0.265 e. The second kappa shape index (κ2) is 8.14. The molecule has 2 aromatic carbocycles. The van der Waals surface area contributed by atoms with Gasteiger partial charge >= 0.3 is 0 Å². The number of fused-ring (bicyclic) bond motifs is 1. The summed E-state index contributed by atoms with van der Waals surface area (Å²) >= 11 is 1.39. The van der Waals surface area contributed by atoms with E-state index < -0.39 is 0 Å². The molecule has 5 aromatic rings. The molecule has 1 saturated carbocycles. The van der Waals surface area contributed by atoms with E-state index >= 15 is 0 Å². The number of hydrogen-bond acceptors (Lipinski definition) is 6. The fraction of sp³-hybridized carbons (Fsp3) is 0.208. The quantitative estimate of drug-likeness (QED) is 0.381. The maximum atomic E-state index is 13.2. The minimum absolute atomic E-state index is 0.187. The van der Waals surface area contributed by atoms with Gasteiger partial charge in [-0.3, -0.25) is 9.48 Å². The Labute approximate surface area is 198 Å². The molecule has 1 aliphatic carbocycles. The summed E-state index contributed by atoms with van der Waals surface area (Å²) in [5.74, 6) is 0.249. The van der Waals surface area contributed by atoms with Crippen LogP contribution in [-0.2, 0) is 6.54 Å². The fourth-order valence-corrected chi connectivity index (χ4v) is 5.03. The molecule has 0 saturated heterocycles. The number of nitrogens with zero attached hydrogens (tertiary/aromatic N) is 6. The number of carbonyl (C=O) groups is 1. The Morgan fingerprint density at radius 3 is 2.79 bits per heavy atom. The van der Waals surface area contributed by atoms with Crippen molar-refractivity contribution in [2.75, 3.05) is 5.32 Å². The first-order valence-electron chi connectivity index (χ1n) is 11.0. The number of tetrazole rings is 1. The first kappa shape index (κ1) is 20.7. The molecule has 8 nitrogen and oxygen atoms in total. The summed E-state index contributed by atoms with van der Waals surface area (Å²) in [4.78, 5) is 14.6. The van der Waals surface area contributed by atoms with Crippen molar-refractivity contribution in [2.24, 2.45) is 0 Å². The summed E-state index contributed by atoms with van der Waals surface area (Å²) < 4.78 is 16.9. The Balaban J connectivity index is 1.24. The Hall–Kier alpha value is -3.92. The van der Waals surface area contributed by atoms with Crippen LogP contribution in [0, 0.1) is 12.7 Å². The molecule has 0 atom stereocenters. The van der Waals surface area contributed by atoms with Gasteiger partial charge in [-0.1, -0.05) is 24.3 Å². The number of hydrogen-bond donors (Lipinski definition) is 1. The van der Waals surface area contributed by atoms with Crippen LogP contribution in [0.5, 0.6) is 0 Å². The lowest BCUT2D eigenvalue weighted by atomic mass is 10.2. The van der Waals surface area contributed by atoms with Crippen LogP contribution < -0.4 is 5.32 Å². The summed E-state index contributed by atoms with van der Waals surface area (Å²) in [5, 5.41) is 20.6. The van der Waals surface area contributed by atoms with E-state index in [4.69, 9.17) is 0 Å². The Morgan fingerprint density at radius 1 is 1.18 bits per heavy atom. The molecular weight excluding hydrogens is 453 g/mol. The number of aryl methyl sites for hydroxylation is 1. The van der Waals surface area contributed by atoms with Crippen molar-refractivity contribution in [3.8, 4) is 11.4 Å². The van der Waals surface area contributed by atoms with E-state index in [1.54, 1.807) is 12.1 Å². The topological polar surface area (TPSA) is 90.5 Å². The molecule has 6 rings (SSSR count). The van der Waals surface area contributed by atoms with Gasteiger partial charge in [-0.2, -0.15) is 5.10 Å². The van der Waals surface area contributed by atoms with Crippen molar-refractivity contribution in [3.05, 3.63) is 76.5 Å². The monoisotopic (exact) mass is 473 g/mol. The number of halogens is 1. The third kappa shape index (κ3) is 3.86. The van der Waals surface area contributed by atoms with Crippen molar-refractivity contribution in [1.82, 2.24) is 30.0 Å². The van der Waals surface area contributed by atoms with Crippen molar-refractivity contribution >= 4 is 33.1 Å². The average Bonchev–Trinajstić information content (AvgIpc) is 3.27. The summed E-state index contributed by atoms with van der Waals surface area (Å²) in [6.07, 6.45) is 2.16. The maximum absolute atomic E-state index is 13.2. The number of rotatable bonds is 6. The van der Waals surface area contributed by atoms with E-state index in [1.807, 2.05) is 46.6 Å². The Kier molecular flexibility index (Phi) is 4.95. The maximum Gasteiger partial charge on any atom is 0.265 e. The Bertz CT molecular complexity index is 1510. The predicted molar refractivity (Wildman–Crippen MR) is 127 cm³/mol. The van der Waals surface area contributed by atoms with Gasteiger partial charge in [0, 0.05) is 16.6 Å². The zero-order chi connectivity index (χ0) is 23.2. The predicted octanol–water partition coefficient (Wildman–Crippen LogP) is 4.83. The van der Waals surface area contributed by atoms with Crippen LogP contribution in [0.25, 0.3) is 21.6 Å². The lowest BCUT2D eigenvalue weighted by molar-refractivity contribution is 0.103. The van der Waals surface area contributed by atoms with Gasteiger partial charge in [0.05, 0.1) is 23.2 Å². The summed E-state index contributed by atoms with van der Waals surface area (Å²) in [5.41, 5.74) is 3.32. The lowest BCUT2D eigenvalue weighted by Gasteiger charge is -2.07. The van der Waals surface area contributed by atoms with Gasteiger partial charge in [0.25, 0.3) is 5.91 Å². The number of benzene rings is 2. The van der Waals surface area contributed by atoms with E-state index in [9.17, 15) is 9.18 Å². The van der Waals surface area contributed by atoms with Crippen molar-refractivity contribution in [1.29, 1.82) is 0 Å². The fourth-order valence-electron chi connectivity index (χ4n) is 3.97. The third-order valence-electron chi connectivity index (χ3n) is 5.84. The molecule has 10 heteroatoms. The van der Waals surface area contributed by atoms with Gasteiger partial charge in [0.1, 0.15) is 10.6 Å². The number of nitrogens with one attached hydrogen (secondary N) is 1. The number of thiophene rings is 1. The molecule has 1 N–H and O–H groups in total. The van der Waals surface area contributed by atoms with Crippen LogP contribution >= 0.6 is 11.3 Å². The molecule has 1 aliphatic rings. The molecule has 3 heterocycles. The summed E-state index contributed by atoms with van der Waals surface area (Å²) in [7, 11) is 0. The highest BCUT2D eigenvalue weighted by Crippen LogP contribution is 2.37. The minimum Gasteiger partial charge on any atom is -0.321 e. The van der Waals surface area contributed by atoms with Crippen molar-refractivity contribution in [2.45, 2.75) is 32.4 Å². The third-order valence-corrected chi connectivity index (χ3v) is 6.99. The van der Waals surface area contributed by atoms with Crippen LogP contribution in [-0.4, -0.2) is 35.9 Å². The normalized spacial score (nSPS) is 13.5. The summed E-state index contributed by atoms with van der Waals surface area (Å²) in [6.45, 7) is 2.43. The molecule has 0 spiro atoms. The van der Waals surface area contributed by atoms with Crippen molar-refractivity contribution in [3.63, 3.8) is 0 Å². The first-order chi connectivity index (χ1) is 16.5. The van der Waals surface area contributed by atoms with Gasteiger partial charge < -0.3 is 5.32 Å². The van der Waals surface area contributed by atoms with Crippen molar-refractivity contribution < 1.29 is 9.18 Å². The zero-order valence-electron chi connectivity index (χ0n) is 18.3. The van der Waals surface area contributed by atoms with E-state index in [-0.39, 0.29) is 11.7 Å². The largest absolute Gasteiger partial charge is 0.321 e. The van der Waals surface area contributed by atoms with Crippen LogP contribution in [0.3, 0.4) is 0 Å². The number of amides is 1. The number of aromatic nitrogens is 6. The number of carbonyl (C=O) groups excluding carboxylic acids is 1. The lowest BCUT2D eigenvalue weighted by Crippen LogP contribution is -2.10. The molecule has 0 aliphatic heterocycles. The molecule has 0 radical (unpaired) electrons. The molecule has 0 bridgehead atoms. The highest BCUT2D eigenvalue weighted by atomic mass is 32.1. The van der Waals surface area contributed by atoms with Gasteiger partial charge in [0.15, 0.2) is 5.82 Å². The Morgan fingerprint density at radius 2 is 2.00 bits per heavy atom. The molecule has 34 heavy (non-hydrogen) atoms. The summed E-state index contributed by atoms with van der Waals surface area (Å²) in [6, 6.07) is 16.1. The molecular formula is C24H20FN7OS. The van der Waals surface area contributed by atoms with Gasteiger partial charge in [-0.15, -0.1) is 16.4 Å². The van der Waals surface area contributed by atoms with Gasteiger partial charge in [-0.05, 0) is 66.1 Å². The zero-order valence-corrected chi connectivity index (χ0v) is 19.1. The molecule has 3 aromatic heterocycles. The molecule has 170 valence electrons. The first-order valence-corrected chi connectivity index (χ1v) is 11.8. The second-order valence-corrected chi connectivity index (χ2v) is 9.44. The van der Waals surface area contributed by atoms with E-state index in [0.717, 1.165) is 39.9 Å². The van der Waals surface area contributed by atoms with E-state index in [0.29, 0.717) is 29.0 Å². The molecule has 1 fully saturated rings. The van der Waals surface area contributed by atoms with Crippen LogP contribution in [0.4, 0.5) is 10.1 Å². The highest BCUT2D eigenvalue weighted by Gasteiger charge is 2.28. The van der Waals surface area contributed by atoms with Gasteiger partial charge in [0.2, 0.25) is 0 Å². The second-order valence-electron chi connectivity index (χ2n) is 8.41. The SMILES string of the molecule is Cc1nn(Cc2ccc(F)cc2)c2sc(C(=O)Nc3cccc(-c4nnnn4C4CC4)c3)cc12.